The van der Waals surface area contributed by atoms with E-state index in [0.717, 1.165) is 62.8 Å². The van der Waals surface area contributed by atoms with E-state index in [4.69, 9.17) is 4.98 Å². The van der Waals surface area contributed by atoms with Crippen molar-refractivity contribution in [2.24, 2.45) is 5.92 Å². The number of carbonyl (C=O) groups is 1. The summed E-state index contributed by atoms with van der Waals surface area (Å²) in [5.74, 6) is 0.572. The predicted octanol–water partition coefficient (Wildman–Crippen LogP) is 2.84. The Morgan fingerprint density at radius 2 is 2.00 bits per heavy atom. The van der Waals surface area contributed by atoms with Crippen LogP contribution >= 0.6 is 11.3 Å². The lowest BCUT2D eigenvalue weighted by Crippen LogP contribution is -2.51. The second-order valence-corrected chi connectivity index (χ2v) is 8.55. The largest absolute Gasteiger partial charge is 0.340 e. The molecule has 3 heterocycles. The van der Waals surface area contributed by atoms with Crippen LogP contribution in [0, 0.1) is 5.92 Å². The molecule has 2 saturated heterocycles. The van der Waals surface area contributed by atoms with E-state index >= 15 is 0 Å². The minimum absolute atomic E-state index is 0.208. The second-order valence-electron chi connectivity index (χ2n) is 7.69. The summed E-state index contributed by atoms with van der Waals surface area (Å²) >= 11 is 1.71. The Balaban J connectivity index is 1.28. The first kappa shape index (κ1) is 18.6. The van der Waals surface area contributed by atoms with Crippen molar-refractivity contribution < 1.29 is 4.79 Å². The molecule has 1 amide bonds. The first-order valence-electron chi connectivity index (χ1n) is 9.93. The summed E-state index contributed by atoms with van der Waals surface area (Å²) in [7, 11) is 0. The molecule has 1 aromatic heterocycles. The summed E-state index contributed by atoms with van der Waals surface area (Å²) in [6.45, 7) is 7.56. The average molecular weight is 385 g/mol. The van der Waals surface area contributed by atoms with Crippen molar-refractivity contribution in [2.75, 3.05) is 32.7 Å². The van der Waals surface area contributed by atoms with Gasteiger partial charge in [-0.25, -0.2) is 4.98 Å². The highest BCUT2D eigenvalue weighted by Crippen LogP contribution is 2.24. The Kier molecular flexibility index (Phi) is 5.86. The number of nitrogens with zero attached hydrogens (tertiary/aromatic N) is 3. The lowest BCUT2D eigenvalue weighted by molar-refractivity contribution is -0.138. The Bertz CT molecular complexity index is 755. The van der Waals surface area contributed by atoms with Gasteiger partial charge in [0.05, 0.1) is 5.69 Å². The number of benzene rings is 1. The lowest BCUT2D eigenvalue weighted by atomic mass is 9.92. The topological polar surface area (TPSA) is 48.5 Å². The van der Waals surface area contributed by atoms with Crippen LogP contribution in [-0.4, -0.2) is 59.5 Å². The summed E-state index contributed by atoms with van der Waals surface area (Å²) in [6.07, 6.45) is 1.95. The van der Waals surface area contributed by atoms with Crippen molar-refractivity contribution in [3.8, 4) is 10.6 Å². The average Bonchev–Trinajstić information content (AvgIpc) is 3.17. The zero-order chi connectivity index (χ0) is 18.6. The van der Waals surface area contributed by atoms with E-state index in [2.05, 4.69) is 51.7 Å². The molecule has 27 heavy (non-hydrogen) atoms. The number of thiazole rings is 1. The summed E-state index contributed by atoms with van der Waals surface area (Å²) < 4.78 is 0. The molecule has 1 aromatic carbocycles. The van der Waals surface area contributed by atoms with Crippen molar-refractivity contribution in [1.29, 1.82) is 0 Å². The molecule has 2 aliphatic heterocycles. The Labute approximate surface area is 165 Å². The molecule has 0 unspecified atom stereocenters. The first-order chi connectivity index (χ1) is 13.2. The molecule has 0 aliphatic carbocycles. The van der Waals surface area contributed by atoms with Gasteiger partial charge in [-0.15, -0.1) is 11.3 Å². The lowest BCUT2D eigenvalue weighted by Gasteiger charge is -2.37. The zero-order valence-electron chi connectivity index (χ0n) is 15.9. The highest BCUT2D eigenvalue weighted by molar-refractivity contribution is 7.13. The third-order valence-electron chi connectivity index (χ3n) is 5.61. The number of carbonyl (C=O) groups excluding carboxylic acids is 1. The van der Waals surface area contributed by atoms with Crippen molar-refractivity contribution in [2.45, 2.75) is 32.4 Å². The molecule has 2 aromatic rings. The van der Waals surface area contributed by atoms with Gasteiger partial charge in [-0.05, 0) is 26.3 Å². The Hall–Kier alpha value is -1.76. The maximum Gasteiger partial charge on any atom is 0.225 e. The molecule has 0 saturated carbocycles. The maximum atomic E-state index is 12.8. The van der Waals surface area contributed by atoms with Gasteiger partial charge in [0.15, 0.2) is 0 Å². The third kappa shape index (κ3) is 4.57. The summed E-state index contributed by atoms with van der Waals surface area (Å²) in [5, 5.41) is 6.68. The quantitative estimate of drug-likeness (QED) is 0.881. The van der Waals surface area contributed by atoms with Gasteiger partial charge in [0.1, 0.15) is 5.01 Å². The Morgan fingerprint density at radius 1 is 1.22 bits per heavy atom. The number of aromatic nitrogens is 1. The van der Waals surface area contributed by atoms with E-state index in [1.807, 2.05) is 6.07 Å². The third-order valence-corrected chi connectivity index (χ3v) is 6.56. The van der Waals surface area contributed by atoms with Crippen molar-refractivity contribution in [3.05, 3.63) is 41.4 Å². The van der Waals surface area contributed by atoms with Gasteiger partial charge >= 0.3 is 0 Å². The first-order valence-corrected chi connectivity index (χ1v) is 10.8. The van der Waals surface area contributed by atoms with Crippen molar-refractivity contribution >= 4 is 17.2 Å². The van der Waals surface area contributed by atoms with Crippen LogP contribution in [0.3, 0.4) is 0 Å². The fourth-order valence-electron chi connectivity index (χ4n) is 4.06. The second kappa shape index (κ2) is 8.50. The number of nitrogens with one attached hydrogen (secondary N) is 1. The highest BCUT2D eigenvalue weighted by Gasteiger charge is 2.30. The van der Waals surface area contributed by atoms with Crippen LogP contribution in [0.2, 0.25) is 0 Å². The monoisotopic (exact) mass is 384 g/mol. The molecule has 0 bridgehead atoms. The van der Waals surface area contributed by atoms with E-state index in [1.165, 1.54) is 5.56 Å². The van der Waals surface area contributed by atoms with Gasteiger partial charge in [0.25, 0.3) is 0 Å². The predicted molar refractivity (Wildman–Crippen MR) is 110 cm³/mol. The summed E-state index contributed by atoms with van der Waals surface area (Å²) in [5.41, 5.74) is 2.31. The molecular weight excluding hydrogens is 356 g/mol. The fourth-order valence-corrected chi connectivity index (χ4v) is 4.88. The van der Waals surface area contributed by atoms with E-state index in [0.29, 0.717) is 11.9 Å². The molecule has 2 aliphatic rings. The van der Waals surface area contributed by atoms with Gasteiger partial charge in [-0.2, -0.15) is 0 Å². The van der Waals surface area contributed by atoms with Gasteiger partial charge in [-0.1, -0.05) is 30.3 Å². The fraction of sp³-hybridized carbons (Fsp3) is 0.524. The standard InChI is InChI=1S/C21H28N4OS/c1-16-13-18(7-8-22-16)21(26)25-11-9-24(10-12-25)14-19-15-27-20(23-19)17-5-3-2-4-6-17/h2-6,15-16,18,22H,7-14H2,1H3/t16-,18-/m0/s1. The molecule has 0 spiro atoms. The summed E-state index contributed by atoms with van der Waals surface area (Å²) in [6, 6.07) is 10.8. The smallest absolute Gasteiger partial charge is 0.225 e. The molecule has 1 N–H and O–H groups in total. The van der Waals surface area contributed by atoms with Crippen molar-refractivity contribution in [3.63, 3.8) is 0 Å². The molecule has 2 fully saturated rings. The molecule has 4 rings (SSSR count). The van der Waals surface area contributed by atoms with Crippen LogP contribution in [-0.2, 0) is 11.3 Å². The van der Waals surface area contributed by atoms with Gasteiger partial charge in [-0.3, -0.25) is 9.69 Å². The van der Waals surface area contributed by atoms with Gasteiger partial charge in [0.2, 0.25) is 5.91 Å². The van der Waals surface area contributed by atoms with Crippen LogP contribution in [0.5, 0.6) is 0 Å². The summed E-state index contributed by atoms with van der Waals surface area (Å²) in [4.78, 5) is 22.1. The molecule has 2 atom stereocenters. The normalized spacial score (nSPS) is 24.1. The molecule has 144 valence electrons. The highest BCUT2D eigenvalue weighted by atomic mass is 32.1. The van der Waals surface area contributed by atoms with E-state index in [-0.39, 0.29) is 5.92 Å². The van der Waals surface area contributed by atoms with Gasteiger partial charge in [0, 0.05) is 55.6 Å². The van der Waals surface area contributed by atoms with E-state index in [9.17, 15) is 4.79 Å². The number of piperazine rings is 1. The zero-order valence-corrected chi connectivity index (χ0v) is 16.8. The Morgan fingerprint density at radius 3 is 2.74 bits per heavy atom. The van der Waals surface area contributed by atoms with Crippen LogP contribution in [0.15, 0.2) is 35.7 Å². The minimum Gasteiger partial charge on any atom is -0.340 e. The molecule has 0 radical (unpaired) electrons. The number of hydrogen-bond donors (Lipinski definition) is 1. The van der Waals surface area contributed by atoms with Crippen LogP contribution in [0.1, 0.15) is 25.5 Å². The van der Waals surface area contributed by atoms with Gasteiger partial charge < -0.3 is 10.2 Å². The molecule has 6 heteroatoms. The molecular formula is C21H28N4OS. The van der Waals surface area contributed by atoms with Crippen LogP contribution in [0.4, 0.5) is 0 Å². The van der Waals surface area contributed by atoms with E-state index in [1.54, 1.807) is 11.3 Å². The van der Waals surface area contributed by atoms with Crippen LogP contribution < -0.4 is 5.32 Å². The minimum atomic E-state index is 0.208. The SMILES string of the molecule is C[C@H]1C[C@@H](C(=O)N2CCN(Cc3csc(-c4ccccc4)n3)CC2)CCN1. The number of piperidine rings is 1. The van der Waals surface area contributed by atoms with Crippen LogP contribution in [0.25, 0.3) is 10.6 Å². The number of rotatable bonds is 4. The van der Waals surface area contributed by atoms with E-state index < -0.39 is 0 Å². The molecule has 5 nitrogen and oxygen atoms in total. The maximum absolute atomic E-state index is 12.8. The number of hydrogen-bond acceptors (Lipinski definition) is 5. The van der Waals surface area contributed by atoms with Crippen molar-refractivity contribution in [1.82, 2.24) is 20.1 Å². The number of amides is 1.